The second-order valence-electron chi connectivity index (χ2n) is 8.80. The van der Waals surface area contributed by atoms with Gasteiger partial charge in [0.05, 0.1) is 0 Å². The van der Waals surface area contributed by atoms with Crippen molar-refractivity contribution >= 4 is 5.78 Å². The monoisotopic (exact) mass is 484 g/mol. The fraction of sp³-hybridized carbons (Fsp3) is 0.138. The van der Waals surface area contributed by atoms with Crippen LogP contribution < -0.4 is 4.74 Å². The van der Waals surface area contributed by atoms with Gasteiger partial charge in [-0.1, -0.05) is 54.6 Å². The summed E-state index contributed by atoms with van der Waals surface area (Å²) in [6.07, 6.45) is -2.37. The molecule has 7 nitrogen and oxygen atoms in total. The maximum absolute atomic E-state index is 13.4. The lowest BCUT2D eigenvalue weighted by Crippen LogP contribution is -2.37. The van der Waals surface area contributed by atoms with Crippen LogP contribution in [-0.2, 0) is 12.8 Å². The van der Waals surface area contributed by atoms with Crippen molar-refractivity contribution in [3.8, 4) is 28.7 Å². The summed E-state index contributed by atoms with van der Waals surface area (Å²) in [4.78, 5) is 13.4. The summed E-state index contributed by atoms with van der Waals surface area (Å²) in [7, 11) is 0. The molecule has 0 aromatic heterocycles. The highest BCUT2D eigenvalue weighted by atomic mass is 16.5. The quantitative estimate of drug-likeness (QED) is 0.285. The van der Waals surface area contributed by atoms with Gasteiger partial charge >= 0.3 is 0 Å². The van der Waals surface area contributed by atoms with Gasteiger partial charge in [-0.25, -0.2) is 0 Å². The van der Waals surface area contributed by atoms with Crippen LogP contribution in [0.15, 0.2) is 78.9 Å². The Morgan fingerprint density at radius 1 is 0.667 bits per heavy atom. The molecule has 1 aliphatic rings. The predicted octanol–water partition coefficient (Wildman–Crippen LogP) is 4.37. The fourth-order valence-electron chi connectivity index (χ4n) is 4.51. The molecule has 7 heteroatoms. The van der Waals surface area contributed by atoms with E-state index in [4.69, 9.17) is 4.74 Å². The summed E-state index contributed by atoms with van der Waals surface area (Å²) in [6, 6.07) is 21.4. The first-order valence-corrected chi connectivity index (χ1v) is 11.4. The number of phenols is 4. The number of benzene rings is 4. The van der Waals surface area contributed by atoms with Gasteiger partial charge in [0.1, 0.15) is 34.3 Å². The summed E-state index contributed by atoms with van der Waals surface area (Å²) >= 11 is 0. The second-order valence-corrected chi connectivity index (χ2v) is 8.80. The van der Waals surface area contributed by atoms with E-state index < -0.39 is 23.7 Å². The molecule has 0 bridgehead atoms. The van der Waals surface area contributed by atoms with E-state index in [0.29, 0.717) is 11.1 Å². The molecule has 1 heterocycles. The number of hydrogen-bond donors (Lipinski definition) is 5. The lowest BCUT2D eigenvalue weighted by atomic mass is 9.86. The Labute approximate surface area is 207 Å². The number of aliphatic hydroxyl groups is 1. The molecule has 36 heavy (non-hydrogen) atoms. The summed E-state index contributed by atoms with van der Waals surface area (Å²) in [5.74, 6) is -1.23. The maximum Gasteiger partial charge on any atom is 0.202 e. The zero-order chi connectivity index (χ0) is 25.4. The van der Waals surface area contributed by atoms with Crippen molar-refractivity contribution in [1.29, 1.82) is 0 Å². The number of phenolic OH excluding ortho intramolecular Hbond substituents is 4. The topological polar surface area (TPSA) is 127 Å². The van der Waals surface area contributed by atoms with Crippen LogP contribution in [0.5, 0.6) is 28.7 Å². The molecular weight excluding hydrogens is 460 g/mol. The van der Waals surface area contributed by atoms with Crippen LogP contribution in [0.25, 0.3) is 0 Å². The van der Waals surface area contributed by atoms with Crippen LogP contribution in [0.2, 0.25) is 0 Å². The molecule has 5 N–H and O–H groups in total. The highest BCUT2D eigenvalue weighted by Gasteiger charge is 2.42. The molecule has 1 aliphatic heterocycles. The molecule has 0 spiro atoms. The van der Waals surface area contributed by atoms with Crippen molar-refractivity contribution in [3.63, 3.8) is 0 Å². The summed E-state index contributed by atoms with van der Waals surface area (Å²) in [6.45, 7) is 0. The van der Waals surface area contributed by atoms with Crippen molar-refractivity contribution in [2.24, 2.45) is 0 Å². The first-order valence-electron chi connectivity index (χ1n) is 11.4. The average Bonchev–Trinajstić information content (AvgIpc) is 2.89. The SMILES string of the molecule is O=C1c2c(O)c(Cc3ccc(O)cc3)c(O)c(Cc3ccc(O)cc3)c2OC(c2ccccc2)C1O. The Bertz CT molecular complexity index is 1410. The highest BCUT2D eigenvalue weighted by Crippen LogP contribution is 2.49. The van der Waals surface area contributed by atoms with Crippen molar-refractivity contribution in [2.75, 3.05) is 0 Å². The molecule has 2 atom stereocenters. The minimum atomic E-state index is -1.56. The third kappa shape index (κ3) is 4.21. The number of aliphatic hydroxyl groups excluding tert-OH is 1. The summed E-state index contributed by atoms with van der Waals surface area (Å²) in [5, 5.41) is 52.6. The van der Waals surface area contributed by atoms with Gasteiger partial charge < -0.3 is 30.3 Å². The Hall–Kier alpha value is -4.49. The van der Waals surface area contributed by atoms with Gasteiger partial charge in [0.2, 0.25) is 5.78 Å². The zero-order valence-electron chi connectivity index (χ0n) is 19.1. The van der Waals surface area contributed by atoms with E-state index >= 15 is 0 Å². The van der Waals surface area contributed by atoms with Crippen LogP contribution in [0.4, 0.5) is 0 Å². The molecule has 0 fully saturated rings. The van der Waals surface area contributed by atoms with Crippen LogP contribution in [-0.4, -0.2) is 37.4 Å². The van der Waals surface area contributed by atoms with E-state index in [2.05, 4.69) is 0 Å². The Morgan fingerprint density at radius 2 is 1.19 bits per heavy atom. The Kier molecular flexibility index (Phi) is 6.00. The molecular formula is C29H24O7. The number of Topliss-reactive ketones (excluding diaryl/α,β-unsaturated/α-hetero) is 1. The molecule has 2 unspecified atom stereocenters. The number of ether oxygens (including phenoxy) is 1. The normalized spacial score (nSPS) is 16.9. The lowest BCUT2D eigenvalue weighted by molar-refractivity contribution is 0.0206. The van der Waals surface area contributed by atoms with Crippen molar-refractivity contribution in [1.82, 2.24) is 0 Å². The van der Waals surface area contributed by atoms with Gasteiger partial charge in [-0.2, -0.15) is 0 Å². The predicted molar refractivity (Wildman–Crippen MR) is 132 cm³/mol. The molecule has 0 saturated heterocycles. The molecule has 182 valence electrons. The van der Waals surface area contributed by atoms with Gasteiger partial charge in [0.25, 0.3) is 0 Å². The molecule has 0 amide bonds. The summed E-state index contributed by atoms with van der Waals surface area (Å²) in [5.41, 5.74) is 2.19. The van der Waals surface area contributed by atoms with E-state index in [1.54, 1.807) is 54.6 Å². The van der Waals surface area contributed by atoms with Gasteiger partial charge in [-0.3, -0.25) is 4.79 Å². The molecule has 5 rings (SSSR count). The van der Waals surface area contributed by atoms with Crippen LogP contribution in [0, 0.1) is 0 Å². The number of fused-ring (bicyclic) bond motifs is 1. The third-order valence-corrected chi connectivity index (χ3v) is 6.40. The van der Waals surface area contributed by atoms with Gasteiger partial charge in [-0.15, -0.1) is 0 Å². The molecule has 4 aromatic rings. The van der Waals surface area contributed by atoms with Crippen LogP contribution in [0.1, 0.15) is 44.3 Å². The smallest absolute Gasteiger partial charge is 0.202 e. The first-order chi connectivity index (χ1) is 17.3. The largest absolute Gasteiger partial charge is 0.508 e. The van der Waals surface area contributed by atoms with Crippen LogP contribution >= 0.6 is 0 Å². The molecule has 0 aliphatic carbocycles. The fourth-order valence-corrected chi connectivity index (χ4v) is 4.51. The molecule has 0 saturated carbocycles. The minimum Gasteiger partial charge on any atom is -0.508 e. The highest BCUT2D eigenvalue weighted by molar-refractivity contribution is 6.06. The number of rotatable bonds is 5. The number of carbonyl (C=O) groups excluding carboxylic acids is 1. The third-order valence-electron chi connectivity index (χ3n) is 6.40. The van der Waals surface area contributed by atoms with E-state index in [-0.39, 0.29) is 52.5 Å². The number of hydrogen-bond acceptors (Lipinski definition) is 7. The van der Waals surface area contributed by atoms with E-state index in [9.17, 15) is 30.3 Å². The number of carbonyl (C=O) groups is 1. The average molecular weight is 485 g/mol. The van der Waals surface area contributed by atoms with E-state index in [1.165, 1.54) is 24.3 Å². The van der Waals surface area contributed by atoms with Crippen molar-refractivity contribution < 1.29 is 35.1 Å². The van der Waals surface area contributed by atoms with E-state index in [1.807, 2.05) is 0 Å². The van der Waals surface area contributed by atoms with Crippen LogP contribution in [0.3, 0.4) is 0 Å². The summed E-state index contributed by atoms with van der Waals surface area (Å²) < 4.78 is 6.14. The zero-order valence-corrected chi connectivity index (χ0v) is 19.1. The Balaban J connectivity index is 1.67. The van der Waals surface area contributed by atoms with E-state index in [0.717, 1.165) is 5.56 Å². The first kappa shape index (κ1) is 23.3. The number of aromatic hydroxyl groups is 4. The van der Waals surface area contributed by atoms with Gasteiger partial charge in [0.15, 0.2) is 12.2 Å². The molecule has 0 radical (unpaired) electrons. The molecule has 4 aromatic carbocycles. The lowest BCUT2D eigenvalue weighted by Gasteiger charge is -2.33. The standard InChI is InChI=1S/C29H24O7/c30-19-10-6-16(7-11-19)14-21-24(32)22(15-17-8-12-20(31)13-9-17)29-23(25(21)33)26(34)27(35)28(36-29)18-4-2-1-3-5-18/h1-13,27-28,30-33,35H,14-15H2. The van der Waals surface area contributed by atoms with Gasteiger partial charge in [0, 0.05) is 24.0 Å². The Morgan fingerprint density at radius 3 is 1.75 bits per heavy atom. The second kappa shape index (κ2) is 9.28. The van der Waals surface area contributed by atoms with Crippen molar-refractivity contribution in [2.45, 2.75) is 25.0 Å². The number of ketones is 1. The maximum atomic E-state index is 13.4. The van der Waals surface area contributed by atoms with Gasteiger partial charge in [-0.05, 0) is 41.0 Å². The van der Waals surface area contributed by atoms with Crippen molar-refractivity contribution in [3.05, 3.63) is 112 Å². The minimum absolute atomic E-state index is 0.0108.